The maximum Gasteiger partial charge on any atom is 0.334 e. The van der Waals surface area contributed by atoms with E-state index in [1.165, 1.54) is 0 Å². The van der Waals surface area contributed by atoms with E-state index in [0.717, 1.165) is 45.2 Å². The van der Waals surface area contributed by atoms with Crippen molar-refractivity contribution in [3.63, 3.8) is 0 Å². The first-order chi connectivity index (χ1) is 8.56. The number of unbranched alkanes of at least 4 members (excludes halogenated alkanes) is 2. The molecule has 0 saturated heterocycles. The Morgan fingerprint density at radius 2 is 1.67 bits per heavy atom. The number of carbonyl (C=O) groups excluding carboxylic acids is 1. The molecule has 0 aliphatic carbocycles. The molecule has 0 aromatic rings. The highest BCUT2D eigenvalue weighted by Gasteiger charge is 2.20. The van der Waals surface area contributed by atoms with Crippen LogP contribution in [-0.4, -0.2) is 30.2 Å². The molecule has 0 radical (unpaired) electrons. The lowest BCUT2D eigenvalue weighted by molar-refractivity contribution is -0.155. The lowest BCUT2D eigenvalue weighted by Gasteiger charge is -2.30. The summed E-state index contributed by atoms with van der Waals surface area (Å²) in [6.45, 7) is 13.7. The van der Waals surface area contributed by atoms with Gasteiger partial charge in [0.1, 0.15) is 0 Å². The number of nitrogens with zero attached hydrogens (tertiary/aromatic N) is 1. The van der Waals surface area contributed by atoms with Crippen LogP contribution in [0.25, 0.3) is 0 Å². The van der Waals surface area contributed by atoms with E-state index in [-0.39, 0.29) is 12.2 Å². The molecule has 0 aliphatic rings. The monoisotopic (exact) mass is 255 g/mol. The van der Waals surface area contributed by atoms with Crippen LogP contribution in [-0.2, 0) is 9.53 Å². The number of esters is 1. The lowest BCUT2D eigenvalue weighted by atomic mass is 10.2. The first-order valence-electron chi connectivity index (χ1n) is 7.17. The second kappa shape index (κ2) is 10.1. The Bertz CT molecular complexity index is 243. The Labute approximate surface area is 112 Å². The van der Waals surface area contributed by atoms with Gasteiger partial charge in [0.2, 0.25) is 0 Å². The van der Waals surface area contributed by atoms with Crippen LogP contribution in [0.4, 0.5) is 0 Å². The van der Waals surface area contributed by atoms with Gasteiger partial charge in [0.05, 0.1) is 0 Å². The van der Waals surface area contributed by atoms with Crippen LogP contribution in [0.15, 0.2) is 12.2 Å². The third kappa shape index (κ3) is 6.80. The minimum Gasteiger partial charge on any atom is -0.443 e. The van der Waals surface area contributed by atoms with Gasteiger partial charge in [-0.2, -0.15) is 0 Å². The van der Waals surface area contributed by atoms with E-state index in [9.17, 15) is 4.79 Å². The molecule has 0 amide bonds. The summed E-state index contributed by atoms with van der Waals surface area (Å²) in [6, 6.07) is 0. The Morgan fingerprint density at radius 3 is 2.00 bits per heavy atom. The SMILES string of the molecule is C=C(C)C(=O)OC(CC)N(CCCC)CCCC. The highest BCUT2D eigenvalue weighted by molar-refractivity contribution is 5.87. The van der Waals surface area contributed by atoms with Crippen LogP contribution in [0.5, 0.6) is 0 Å². The quantitative estimate of drug-likeness (QED) is 0.338. The Morgan fingerprint density at radius 1 is 1.17 bits per heavy atom. The average molecular weight is 255 g/mol. The smallest absolute Gasteiger partial charge is 0.334 e. The van der Waals surface area contributed by atoms with Gasteiger partial charge in [0.25, 0.3) is 0 Å². The van der Waals surface area contributed by atoms with Crippen LogP contribution >= 0.6 is 0 Å². The first kappa shape index (κ1) is 17.2. The van der Waals surface area contributed by atoms with Crippen molar-refractivity contribution in [2.75, 3.05) is 13.1 Å². The zero-order valence-corrected chi connectivity index (χ0v) is 12.5. The predicted octanol–water partition coefficient (Wildman–Crippen LogP) is 3.74. The van der Waals surface area contributed by atoms with Gasteiger partial charge in [-0.15, -0.1) is 0 Å². The highest BCUT2D eigenvalue weighted by Crippen LogP contribution is 2.11. The van der Waals surface area contributed by atoms with Crippen LogP contribution in [0, 0.1) is 0 Å². The Kier molecular flexibility index (Phi) is 9.66. The predicted molar refractivity (Wildman–Crippen MR) is 76.4 cm³/mol. The van der Waals surface area contributed by atoms with Crippen molar-refractivity contribution in [3.05, 3.63) is 12.2 Å². The van der Waals surface area contributed by atoms with Crippen LogP contribution in [0.2, 0.25) is 0 Å². The molecule has 1 atom stereocenters. The standard InChI is InChI=1S/C15H29NO2/c1-6-9-11-16(12-10-7-2)14(8-3)18-15(17)13(4)5/h14H,4,6-12H2,1-3,5H3. The molecule has 0 bridgehead atoms. The van der Waals surface area contributed by atoms with Crippen LogP contribution in [0.3, 0.4) is 0 Å². The molecular formula is C15H29NO2. The molecule has 3 nitrogen and oxygen atoms in total. The minimum atomic E-state index is -0.278. The van der Waals surface area contributed by atoms with E-state index in [0.29, 0.717) is 5.57 Å². The summed E-state index contributed by atoms with van der Waals surface area (Å²) in [6.07, 6.45) is 5.33. The topological polar surface area (TPSA) is 29.5 Å². The molecular weight excluding hydrogens is 226 g/mol. The van der Waals surface area contributed by atoms with Crippen molar-refractivity contribution >= 4 is 5.97 Å². The van der Waals surface area contributed by atoms with E-state index in [4.69, 9.17) is 4.74 Å². The number of hydrogen-bond donors (Lipinski definition) is 0. The maximum absolute atomic E-state index is 11.6. The molecule has 106 valence electrons. The molecule has 1 unspecified atom stereocenters. The van der Waals surface area contributed by atoms with Crippen molar-refractivity contribution in [2.24, 2.45) is 0 Å². The molecule has 0 saturated carbocycles. The number of ether oxygens (including phenoxy) is 1. The third-order valence-corrected chi connectivity index (χ3v) is 2.95. The summed E-state index contributed by atoms with van der Waals surface area (Å²) in [7, 11) is 0. The van der Waals surface area contributed by atoms with Gasteiger partial charge in [-0.1, -0.05) is 40.2 Å². The van der Waals surface area contributed by atoms with E-state index in [1.807, 2.05) is 0 Å². The first-order valence-corrected chi connectivity index (χ1v) is 7.17. The van der Waals surface area contributed by atoms with Crippen molar-refractivity contribution in [3.8, 4) is 0 Å². The van der Waals surface area contributed by atoms with Crippen LogP contribution in [0.1, 0.15) is 59.8 Å². The van der Waals surface area contributed by atoms with Crippen molar-refractivity contribution in [1.82, 2.24) is 4.90 Å². The minimum absolute atomic E-state index is 0.104. The molecule has 0 heterocycles. The summed E-state index contributed by atoms with van der Waals surface area (Å²) >= 11 is 0. The van der Waals surface area contributed by atoms with Gasteiger partial charge in [-0.3, -0.25) is 4.90 Å². The maximum atomic E-state index is 11.6. The normalized spacial score (nSPS) is 12.5. The molecule has 0 aliphatic heterocycles. The fourth-order valence-corrected chi connectivity index (χ4v) is 1.76. The van der Waals surface area contributed by atoms with Crippen molar-refractivity contribution in [2.45, 2.75) is 66.0 Å². The van der Waals surface area contributed by atoms with Gasteiger partial charge in [-0.25, -0.2) is 4.79 Å². The molecule has 3 heteroatoms. The van der Waals surface area contributed by atoms with Crippen molar-refractivity contribution in [1.29, 1.82) is 0 Å². The van der Waals surface area contributed by atoms with Gasteiger partial charge >= 0.3 is 5.97 Å². The molecule has 0 aromatic heterocycles. The van der Waals surface area contributed by atoms with Gasteiger partial charge in [-0.05, 0) is 26.2 Å². The molecule has 0 aromatic carbocycles. The third-order valence-electron chi connectivity index (χ3n) is 2.95. The molecule has 0 fully saturated rings. The van der Waals surface area contributed by atoms with E-state index in [1.54, 1.807) is 6.92 Å². The van der Waals surface area contributed by atoms with E-state index in [2.05, 4.69) is 32.3 Å². The summed E-state index contributed by atoms with van der Waals surface area (Å²) in [5.74, 6) is -0.278. The summed E-state index contributed by atoms with van der Waals surface area (Å²) in [5.41, 5.74) is 0.472. The van der Waals surface area contributed by atoms with Gasteiger partial charge < -0.3 is 4.74 Å². The van der Waals surface area contributed by atoms with Crippen molar-refractivity contribution < 1.29 is 9.53 Å². The van der Waals surface area contributed by atoms with E-state index >= 15 is 0 Å². The highest BCUT2D eigenvalue weighted by atomic mass is 16.6. The zero-order valence-electron chi connectivity index (χ0n) is 12.5. The zero-order chi connectivity index (χ0) is 14.0. The van der Waals surface area contributed by atoms with Gasteiger partial charge in [0.15, 0.2) is 6.23 Å². The largest absolute Gasteiger partial charge is 0.443 e. The Hall–Kier alpha value is -0.830. The second-order valence-corrected chi connectivity index (χ2v) is 4.79. The van der Waals surface area contributed by atoms with E-state index < -0.39 is 0 Å². The number of rotatable bonds is 10. The molecule has 0 spiro atoms. The average Bonchev–Trinajstić information content (AvgIpc) is 2.36. The number of hydrogen-bond acceptors (Lipinski definition) is 3. The molecule has 0 N–H and O–H groups in total. The summed E-state index contributed by atoms with van der Waals surface area (Å²) in [4.78, 5) is 13.9. The lowest BCUT2D eigenvalue weighted by Crippen LogP contribution is -2.39. The molecule has 0 rings (SSSR count). The van der Waals surface area contributed by atoms with Crippen LogP contribution < -0.4 is 0 Å². The summed E-state index contributed by atoms with van der Waals surface area (Å²) in [5, 5.41) is 0. The van der Waals surface area contributed by atoms with Gasteiger partial charge in [0, 0.05) is 18.7 Å². The summed E-state index contributed by atoms with van der Waals surface area (Å²) < 4.78 is 5.50. The Balaban J connectivity index is 4.47. The molecule has 18 heavy (non-hydrogen) atoms. The second-order valence-electron chi connectivity index (χ2n) is 4.79. The fraction of sp³-hybridized carbons (Fsp3) is 0.800. The fourth-order valence-electron chi connectivity index (χ4n) is 1.76. The number of carbonyl (C=O) groups is 1.